The third-order valence-corrected chi connectivity index (χ3v) is 12.0. The maximum atomic E-state index is 5.43. The molecule has 7 aromatic carbocycles. The molecule has 1 heteroatoms. The van der Waals surface area contributed by atoms with Gasteiger partial charge in [0.2, 0.25) is 0 Å². The number of hydrogen-bond acceptors (Lipinski definition) is 1. The Kier molecular flexibility index (Phi) is 11.0. The van der Waals surface area contributed by atoms with Crippen LogP contribution in [-0.4, -0.2) is 5.71 Å². The first-order valence-electron chi connectivity index (χ1n) is 20.8. The highest BCUT2D eigenvalue weighted by molar-refractivity contribution is 6.03. The van der Waals surface area contributed by atoms with Gasteiger partial charge < -0.3 is 0 Å². The fourth-order valence-electron chi connectivity index (χ4n) is 8.89. The second-order valence-corrected chi connectivity index (χ2v) is 16.0. The van der Waals surface area contributed by atoms with Crippen molar-refractivity contribution < 1.29 is 0 Å². The first kappa shape index (κ1) is 39.7. The highest BCUT2D eigenvalue weighted by Crippen LogP contribution is 2.48. The van der Waals surface area contributed by atoms with E-state index in [2.05, 4.69) is 218 Å². The zero-order valence-electron chi connectivity index (χ0n) is 35.4. The summed E-state index contributed by atoms with van der Waals surface area (Å²) in [5.74, 6) is 0. The molecule has 60 heavy (non-hydrogen) atoms. The predicted octanol–water partition coefficient (Wildman–Crippen LogP) is 14.4. The number of nitrogens with zero attached hydrogens (tertiary/aromatic N) is 1. The zero-order valence-corrected chi connectivity index (χ0v) is 35.4. The van der Waals surface area contributed by atoms with Crippen LogP contribution in [0.3, 0.4) is 0 Å². The Hall–Kier alpha value is -7.09. The second-order valence-electron chi connectivity index (χ2n) is 16.0. The van der Waals surface area contributed by atoms with Gasteiger partial charge in [-0.2, -0.15) is 0 Å². The Labute approximate surface area is 356 Å². The van der Waals surface area contributed by atoms with Crippen LogP contribution in [0.2, 0.25) is 0 Å². The lowest BCUT2D eigenvalue weighted by molar-refractivity contribution is 0.660. The third kappa shape index (κ3) is 7.29. The Morgan fingerprint density at radius 1 is 0.517 bits per heavy atom. The van der Waals surface area contributed by atoms with Gasteiger partial charge in [0.15, 0.2) is 0 Å². The lowest BCUT2D eigenvalue weighted by Gasteiger charge is -2.22. The molecular weight excluding hydrogens is 723 g/mol. The van der Waals surface area contributed by atoms with E-state index in [0.717, 1.165) is 88.6 Å². The van der Waals surface area contributed by atoms with E-state index in [-0.39, 0.29) is 5.41 Å². The van der Waals surface area contributed by atoms with Crippen LogP contribution in [0.25, 0.3) is 81.1 Å². The molecule has 1 aliphatic carbocycles. The van der Waals surface area contributed by atoms with Gasteiger partial charge in [0, 0.05) is 21.9 Å². The molecule has 8 rings (SSSR count). The Bertz CT molecular complexity index is 2930. The molecule has 0 N–H and O–H groups in total. The van der Waals surface area contributed by atoms with Gasteiger partial charge in [0.05, 0.1) is 5.70 Å². The van der Waals surface area contributed by atoms with E-state index in [1.165, 1.54) is 22.3 Å². The molecule has 0 bridgehead atoms. The van der Waals surface area contributed by atoms with Crippen molar-refractivity contribution in [3.05, 3.63) is 226 Å². The Morgan fingerprint density at radius 3 is 1.65 bits per heavy atom. The molecule has 0 unspecified atom stereocenters. The lowest BCUT2D eigenvalue weighted by Crippen LogP contribution is -2.25. The van der Waals surface area contributed by atoms with Crippen LogP contribution in [0, 0.1) is 0 Å². The number of fused-ring (bicyclic) bond motifs is 3. The van der Waals surface area contributed by atoms with Crippen molar-refractivity contribution in [3.63, 3.8) is 0 Å². The van der Waals surface area contributed by atoms with Gasteiger partial charge in [-0.15, -0.1) is 0 Å². The minimum Gasteiger partial charge on any atom is -0.252 e. The minimum absolute atomic E-state index is 0.0904. The molecule has 0 radical (unpaired) electrons. The maximum Gasteiger partial charge on any atom is 0.0783 e. The van der Waals surface area contributed by atoms with Crippen LogP contribution in [0.15, 0.2) is 176 Å². The van der Waals surface area contributed by atoms with E-state index < -0.39 is 0 Å². The number of rotatable bonds is 10. The highest BCUT2D eigenvalue weighted by Gasteiger charge is 2.35. The molecule has 0 spiro atoms. The van der Waals surface area contributed by atoms with Crippen molar-refractivity contribution in [1.82, 2.24) is 0 Å². The summed E-state index contributed by atoms with van der Waals surface area (Å²) in [6.45, 7) is 23.8. The quantitative estimate of drug-likeness (QED) is 0.123. The van der Waals surface area contributed by atoms with Crippen LogP contribution in [0.1, 0.15) is 79.1 Å². The van der Waals surface area contributed by atoms with Crippen molar-refractivity contribution in [1.29, 1.82) is 0 Å². The number of aliphatic imine (C=N–C) groups is 1. The molecule has 0 aromatic heterocycles. The first-order valence-corrected chi connectivity index (χ1v) is 20.8. The fourth-order valence-corrected chi connectivity index (χ4v) is 8.89. The van der Waals surface area contributed by atoms with Crippen LogP contribution < -0.4 is 10.4 Å². The van der Waals surface area contributed by atoms with Gasteiger partial charge in [-0.05, 0) is 134 Å². The van der Waals surface area contributed by atoms with Gasteiger partial charge in [-0.25, -0.2) is 0 Å². The van der Waals surface area contributed by atoms with E-state index in [1.807, 2.05) is 18.2 Å². The summed E-state index contributed by atoms with van der Waals surface area (Å²) in [4.78, 5) is 5.43. The summed E-state index contributed by atoms with van der Waals surface area (Å²) in [7, 11) is 0. The maximum absolute atomic E-state index is 5.43. The molecule has 7 aromatic rings. The molecule has 0 saturated carbocycles. The van der Waals surface area contributed by atoms with Gasteiger partial charge in [0.25, 0.3) is 0 Å². The summed E-state index contributed by atoms with van der Waals surface area (Å²) in [6.07, 6.45) is 12.4. The van der Waals surface area contributed by atoms with E-state index in [0.29, 0.717) is 0 Å². The molecule has 0 aliphatic heterocycles. The number of benzene rings is 7. The summed E-state index contributed by atoms with van der Waals surface area (Å²) in [5.41, 5.74) is 20.5. The molecule has 0 amide bonds. The molecule has 292 valence electrons. The monoisotopic (exact) mass is 773 g/mol. The first-order chi connectivity index (χ1) is 29.2. The number of hydrogen-bond donors (Lipinski definition) is 0. The van der Waals surface area contributed by atoms with Crippen molar-refractivity contribution >= 4 is 42.3 Å². The fraction of sp³-hybridized carbons (Fsp3) is 0.102. The number of allylic oxidation sites excluding steroid dienone is 2. The molecule has 1 nitrogen and oxygen atoms in total. The van der Waals surface area contributed by atoms with Crippen LogP contribution in [0.5, 0.6) is 0 Å². The Morgan fingerprint density at radius 2 is 1.05 bits per heavy atom. The van der Waals surface area contributed by atoms with Gasteiger partial charge in [-0.3, -0.25) is 4.99 Å². The average Bonchev–Trinajstić information content (AvgIpc) is 3.51. The third-order valence-electron chi connectivity index (χ3n) is 12.0. The standard InChI is InChI=1S/C59H51N/c1-9-19-42-22-17-26-52(49(42)11-3)47-35-46(36-48(37-47)53-27-18-23-43(20-10-2)50(53)12-4)41-29-31-44(32-30-41)58(51-24-14-13-21-39(51)5)60-40(6)45-33-34-55-54-25-15-16-28-56(54)59(7,8)57(55)38-45/h9-38H,3-5H2,1-2,6-8H3/b19-9-,20-10-,58-51-,60-40?. The van der Waals surface area contributed by atoms with E-state index in [4.69, 9.17) is 4.99 Å². The smallest absolute Gasteiger partial charge is 0.0783 e. The van der Waals surface area contributed by atoms with Crippen molar-refractivity contribution in [2.45, 2.75) is 40.0 Å². The van der Waals surface area contributed by atoms with Gasteiger partial charge >= 0.3 is 0 Å². The summed E-state index contributed by atoms with van der Waals surface area (Å²) in [5, 5.41) is 1.95. The zero-order chi connectivity index (χ0) is 42.0. The second kappa shape index (κ2) is 16.6. The largest absolute Gasteiger partial charge is 0.252 e. The normalized spacial score (nSPS) is 13.7. The molecule has 0 fully saturated rings. The van der Waals surface area contributed by atoms with E-state index in [9.17, 15) is 0 Å². The molecule has 0 saturated heterocycles. The summed E-state index contributed by atoms with van der Waals surface area (Å²) in [6, 6.07) is 52.6. The summed E-state index contributed by atoms with van der Waals surface area (Å²) >= 11 is 0. The highest BCUT2D eigenvalue weighted by atomic mass is 14.8. The lowest BCUT2D eigenvalue weighted by atomic mass is 9.82. The molecule has 1 aliphatic rings. The molecular formula is C59H51N. The van der Waals surface area contributed by atoms with Crippen LogP contribution in [0.4, 0.5) is 0 Å². The van der Waals surface area contributed by atoms with Gasteiger partial charge in [-0.1, -0.05) is 191 Å². The summed E-state index contributed by atoms with van der Waals surface area (Å²) < 4.78 is 0. The van der Waals surface area contributed by atoms with Crippen molar-refractivity contribution in [2.75, 3.05) is 0 Å². The van der Waals surface area contributed by atoms with Crippen LogP contribution in [-0.2, 0) is 5.41 Å². The van der Waals surface area contributed by atoms with E-state index >= 15 is 0 Å². The topological polar surface area (TPSA) is 12.4 Å². The molecule has 0 atom stereocenters. The van der Waals surface area contributed by atoms with Gasteiger partial charge in [0.1, 0.15) is 0 Å². The van der Waals surface area contributed by atoms with E-state index in [1.54, 1.807) is 0 Å². The predicted molar refractivity (Wildman–Crippen MR) is 262 cm³/mol. The Balaban J connectivity index is 1.26. The van der Waals surface area contributed by atoms with Crippen molar-refractivity contribution in [3.8, 4) is 44.5 Å². The minimum atomic E-state index is -0.0904. The SMILES string of the molecule is C=Cc1c(/C=C\C)cccc1-c1cc(-c2ccc(/C(N=C(C)c3ccc4c(c3)C(C)(C)c3ccccc3-4)=c3\ccccc3=C)cc2)cc(-c2cccc(/C=C\C)c2C=C)c1. The van der Waals surface area contributed by atoms with Crippen LogP contribution >= 0.6 is 0 Å². The average molecular weight is 774 g/mol. The molecule has 0 heterocycles. The van der Waals surface area contributed by atoms with Crippen molar-refractivity contribution in [2.24, 2.45) is 4.99 Å².